The van der Waals surface area contributed by atoms with Gasteiger partial charge in [-0.15, -0.1) is 0 Å². The van der Waals surface area contributed by atoms with Gasteiger partial charge >= 0.3 is 0 Å². The van der Waals surface area contributed by atoms with Gasteiger partial charge in [-0.3, -0.25) is 0 Å². The number of halogens is 1. The van der Waals surface area contributed by atoms with E-state index in [2.05, 4.69) is 5.16 Å². The Balaban J connectivity index is 2.02. The van der Waals surface area contributed by atoms with Crippen LogP contribution in [0.15, 0.2) is 23.4 Å². The molecular formula is C12H15ClN2O2. The van der Waals surface area contributed by atoms with Crippen molar-refractivity contribution in [1.82, 2.24) is 0 Å². The number of rotatable bonds is 4. The lowest BCUT2D eigenvalue weighted by Crippen LogP contribution is -2.19. The van der Waals surface area contributed by atoms with E-state index >= 15 is 0 Å². The molecule has 5 heteroatoms. The van der Waals surface area contributed by atoms with Crippen molar-refractivity contribution in [3.8, 4) is 5.75 Å². The monoisotopic (exact) mass is 254 g/mol. The number of hydrogen-bond acceptors (Lipinski definition) is 3. The number of benzene rings is 1. The van der Waals surface area contributed by atoms with Gasteiger partial charge in [0.2, 0.25) is 0 Å². The molecule has 0 atom stereocenters. The zero-order valence-electron chi connectivity index (χ0n) is 9.40. The first-order chi connectivity index (χ1) is 8.20. The molecule has 1 aromatic carbocycles. The van der Waals surface area contributed by atoms with Crippen LogP contribution in [0.25, 0.3) is 0 Å². The van der Waals surface area contributed by atoms with E-state index in [1.54, 1.807) is 18.2 Å². The van der Waals surface area contributed by atoms with Gasteiger partial charge in [-0.1, -0.05) is 23.2 Å². The SMILES string of the molecule is N/C(=N/O)c1ccc(OCC2CCC2)cc1Cl. The summed E-state index contributed by atoms with van der Waals surface area (Å²) >= 11 is 6.01. The molecule has 4 nitrogen and oxygen atoms in total. The van der Waals surface area contributed by atoms with E-state index in [9.17, 15) is 0 Å². The Kier molecular flexibility index (Phi) is 3.74. The van der Waals surface area contributed by atoms with E-state index in [0.29, 0.717) is 16.5 Å². The van der Waals surface area contributed by atoms with Gasteiger partial charge in [0.15, 0.2) is 5.84 Å². The highest BCUT2D eigenvalue weighted by atomic mass is 35.5. The second-order valence-corrected chi connectivity index (χ2v) is 4.64. The van der Waals surface area contributed by atoms with Crippen molar-refractivity contribution in [3.63, 3.8) is 0 Å². The van der Waals surface area contributed by atoms with E-state index < -0.39 is 0 Å². The van der Waals surface area contributed by atoms with Crippen molar-refractivity contribution >= 4 is 17.4 Å². The molecule has 0 saturated heterocycles. The first-order valence-electron chi connectivity index (χ1n) is 5.61. The van der Waals surface area contributed by atoms with Crippen LogP contribution in [-0.4, -0.2) is 17.6 Å². The van der Waals surface area contributed by atoms with Crippen LogP contribution in [-0.2, 0) is 0 Å². The van der Waals surface area contributed by atoms with Gasteiger partial charge in [0, 0.05) is 5.56 Å². The molecule has 0 unspecified atom stereocenters. The maximum absolute atomic E-state index is 8.57. The summed E-state index contributed by atoms with van der Waals surface area (Å²) in [6.07, 6.45) is 3.79. The highest BCUT2D eigenvalue weighted by Crippen LogP contribution is 2.28. The summed E-state index contributed by atoms with van der Waals surface area (Å²) in [6.45, 7) is 0.735. The topological polar surface area (TPSA) is 67.8 Å². The summed E-state index contributed by atoms with van der Waals surface area (Å²) in [4.78, 5) is 0. The molecule has 0 bridgehead atoms. The molecule has 1 saturated carbocycles. The van der Waals surface area contributed by atoms with Crippen LogP contribution in [0.2, 0.25) is 5.02 Å². The van der Waals surface area contributed by atoms with Gasteiger partial charge in [0.05, 0.1) is 11.6 Å². The van der Waals surface area contributed by atoms with Gasteiger partial charge < -0.3 is 15.7 Å². The van der Waals surface area contributed by atoms with Crippen LogP contribution < -0.4 is 10.5 Å². The van der Waals surface area contributed by atoms with Crippen LogP contribution in [0, 0.1) is 5.92 Å². The molecule has 0 aromatic heterocycles. The fourth-order valence-electron chi connectivity index (χ4n) is 1.72. The highest BCUT2D eigenvalue weighted by Gasteiger charge is 2.18. The normalized spacial score (nSPS) is 16.6. The Morgan fingerprint density at radius 1 is 1.53 bits per heavy atom. The zero-order chi connectivity index (χ0) is 12.3. The molecule has 2 rings (SSSR count). The third-order valence-corrected chi connectivity index (χ3v) is 3.35. The van der Waals surface area contributed by atoms with Crippen LogP contribution in [0.5, 0.6) is 5.75 Å². The lowest BCUT2D eigenvalue weighted by molar-refractivity contribution is 0.180. The van der Waals surface area contributed by atoms with Crippen LogP contribution in [0.4, 0.5) is 0 Å². The first kappa shape index (κ1) is 12.0. The molecule has 0 aliphatic heterocycles. The van der Waals surface area contributed by atoms with Crippen molar-refractivity contribution in [1.29, 1.82) is 0 Å². The Hall–Kier alpha value is -1.42. The molecule has 0 radical (unpaired) electrons. The Labute approximate surface area is 105 Å². The summed E-state index contributed by atoms with van der Waals surface area (Å²) in [5.41, 5.74) is 5.98. The standard InChI is InChI=1S/C12H15ClN2O2/c13-11-6-9(17-7-8-2-1-3-8)4-5-10(11)12(14)15-16/h4-6,8,16H,1-3,7H2,(H2,14,15). The summed E-state index contributed by atoms with van der Waals surface area (Å²) in [7, 11) is 0. The van der Waals surface area contributed by atoms with Crippen LogP contribution >= 0.6 is 11.6 Å². The summed E-state index contributed by atoms with van der Waals surface area (Å²) in [6, 6.07) is 5.15. The Morgan fingerprint density at radius 2 is 2.29 bits per heavy atom. The summed E-state index contributed by atoms with van der Waals surface area (Å²) in [5, 5.41) is 11.9. The van der Waals surface area contributed by atoms with Crippen LogP contribution in [0.1, 0.15) is 24.8 Å². The summed E-state index contributed by atoms with van der Waals surface area (Å²) in [5.74, 6) is 1.40. The molecular weight excluding hydrogens is 240 g/mol. The first-order valence-corrected chi connectivity index (χ1v) is 5.98. The Morgan fingerprint density at radius 3 is 2.82 bits per heavy atom. The number of oxime groups is 1. The van der Waals surface area contributed by atoms with E-state index in [4.69, 9.17) is 27.3 Å². The fourth-order valence-corrected chi connectivity index (χ4v) is 1.99. The van der Waals surface area contributed by atoms with Gasteiger partial charge in [-0.25, -0.2) is 0 Å². The maximum Gasteiger partial charge on any atom is 0.171 e. The minimum absolute atomic E-state index is 0.000503. The van der Waals surface area contributed by atoms with Crippen molar-refractivity contribution in [2.75, 3.05) is 6.61 Å². The summed E-state index contributed by atoms with van der Waals surface area (Å²) < 4.78 is 5.63. The van der Waals surface area contributed by atoms with Gasteiger partial charge in [-0.2, -0.15) is 0 Å². The van der Waals surface area contributed by atoms with E-state index in [1.807, 2.05) is 0 Å². The van der Waals surface area contributed by atoms with E-state index in [1.165, 1.54) is 19.3 Å². The highest BCUT2D eigenvalue weighted by molar-refractivity contribution is 6.34. The van der Waals surface area contributed by atoms with Gasteiger partial charge in [0.1, 0.15) is 5.75 Å². The number of ether oxygens (including phenoxy) is 1. The van der Waals surface area contributed by atoms with Crippen molar-refractivity contribution in [2.45, 2.75) is 19.3 Å². The fraction of sp³-hybridized carbons (Fsp3) is 0.417. The second-order valence-electron chi connectivity index (χ2n) is 4.23. The van der Waals surface area contributed by atoms with Crippen LogP contribution in [0.3, 0.4) is 0 Å². The second kappa shape index (κ2) is 5.27. The molecule has 0 spiro atoms. The number of amidine groups is 1. The molecule has 17 heavy (non-hydrogen) atoms. The third-order valence-electron chi connectivity index (χ3n) is 3.03. The minimum Gasteiger partial charge on any atom is -0.493 e. The van der Waals surface area contributed by atoms with E-state index in [-0.39, 0.29) is 5.84 Å². The molecule has 1 aliphatic rings. The average molecular weight is 255 g/mol. The predicted molar refractivity (Wildman–Crippen MR) is 66.8 cm³/mol. The molecule has 0 amide bonds. The van der Waals surface area contributed by atoms with Gasteiger partial charge in [-0.05, 0) is 37.0 Å². The van der Waals surface area contributed by atoms with Gasteiger partial charge in [0.25, 0.3) is 0 Å². The lowest BCUT2D eigenvalue weighted by Gasteiger charge is -2.25. The molecule has 1 fully saturated rings. The minimum atomic E-state index is 0.000503. The van der Waals surface area contributed by atoms with Crippen molar-refractivity contribution < 1.29 is 9.94 Å². The molecule has 1 aliphatic carbocycles. The molecule has 0 heterocycles. The lowest BCUT2D eigenvalue weighted by atomic mass is 9.86. The smallest absolute Gasteiger partial charge is 0.171 e. The Bertz CT molecular complexity index is 431. The predicted octanol–water partition coefficient (Wildman–Crippen LogP) is 2.61. The number of nitrogens with two attached hydrogens (primary N) is 1. The van der Waals surface area contributed by atoms with Crippen molar-refractivity contribution in [2.24, 2.45) is 16.8 Å². The quantitative estimate of drug-likeness (QED) is 0.376. The zero-order valence-corrected chi connectivity index (χ0v) is 10.2. The third kappa shape index (κ3) is 2.82. The number of nitrogens with zero attached hydrogens (tertiary/aromatic N) is 1. The maximum atomic E-state index is 8.57. The average Bonchev–Trinajstić information content (AvgIpc) is 2.26. The van der Waals surface area contributed by atoms with Crippen molar-refractivity contribution in [3.05, 3.63) is 28.8 Å². The molecule has 1 aromatic rings. The number of hydrogen-bond donors (Lipinski definition) is 2. The molecule has 3 N–H and O–H groups in total. The molecule has 92 valence electrons. The van der Waals surface area contributed by atoms with E-state index in [0.717, 1.165) is 12.4 Å². The largest absolute Gasteiger partial charge is 0.493 e.